The van der Waals surface area contributed by atoms with Crippen LogP contribution in [0.4, 0.5) is 0 Å². The Hall–Kier alpha value is -3.08. The van der Waals surface area contributed by atoms with Crippen molar-refractivity contribution in [2.24, 2.45) is 21.6 Å². The van der Waals surface area contributed by atoms with Gasteiger partial charge in [0.1, 0.15) is 0 Å². The summed E-state index contributed by atoms with van der Waals surface area (Å²) in [5.74, 6) is 0. The van der Waals surface area contributed by atoms with Gasteiger partial charge in [-0.2, -0.15) is 0 Å². The quantitative estimate of drug-likeness (QED) is 0.105. The minimum absolute atomic E-state index is 0.0202. The molecule has 0 unspecified atom stereocenters. The third kappa shape index (κ3) is 22.6. The van der Waals surface area contributed by atoms with Crippen molar-refractivity contribution >= 4 is 0 Å². The SMILES string of the molecule is CC(C)N(CCN)/[N+]([O-])=N/[O-].CCCCCCN(C(C)C)/[N+]([O-])=N/[O-].CCCN(CCNC(C)C)/[N+]([O-])=N/[O-]. The lowest BCUT2D eigenvalue weighted by Gasteiger charge is -2.22. The van der Waals surface area contributed by atoms with Crippen LogP contribution in [0.2, 0.25) is 0 Å². The summed E-state index contributed by atoms with van der Waals surface area (Å²) in [7, 11) is 0. The molecule has 0 atom stereocenters. The van der Waals surface area contributed by atoms with Crippen LogP contribution in [-0.4, -0.2) is 87.3 Å². The van der Waals surface area contributed by atoms with Crippen LogP contribution in [0.25, 0.3) is 0 Å². The van der Waals surface area contributed by atoms with E-state index in [9.17, 15) is 31.2 Å². The second-order valence-corrected chi connectivity index (χ2v) is 9.43. The van der Waals surface area contributed by atoms with E-state index in [1.165, 1.54) is 21.4 Å². The van der Waals surface area contributed by atoms with E-state index in [-0.39, 0.29) is 27.0 Å². The van der Waals surface area contributed by atoms with Crippen LogP contribution in [0.1, 0.15) is 87.5 Å². The van der Waals surface area contributed by atoms with Crippen LogP contribution in [0.3, 0.4) is 0 Å². The average molecular weight is 567 g/mol. The summed E-state index contributed by atoms with van der Waals surface area (Å²) in [6, 6.07) is 0.336. The van der Waals surface area contributed by atoms with E-state index in [0.29, 0.717) is 45.3 Å². The number of hydrazine groups is 3. The lowest BCUT2D eigenvalue weighted by molar-refractivity contribution is -0.697. The maximum Gasteiger partial charge on any atom is 0.0893 e. The van der Waals surface area contributed by atoms with Gasteiger partial charge in [-0.15, -0.1) is 15.0 Å². The first kappa shape index (κ1) is 40.4. The van der Waals surface area contributed by atoms with Crippen molar-refractivity contribution in [2.75, 3.05) is 39.3 Å². The highest BCUT2D eigenvalue weighted by Crippen LogP contribution is 2.05. The fraction of sp³-hybridized carbons (Fsp3) is 1.00. The van der Waals surface area contributed by atoms with Gasteiger partial charge < -0.3 is 42.3 Å². The van der Waals surface area contributed by atoms with Gasteiger partial charge in [0.25, 0.3) is 0 Å². The zero-order valence-electron chi connectivity index (χ0n) is 25.1. The molecule has 3 N–H and O–H groups in total. The maximum absolute atomic E-state index is 11.0. The highest BCUT2D eigenvalue weighted by Gasteiger charge is 2.15. The van der Waals surface area contributed by atoms with Gasteiger partial charge in [-0.25, -0.2) is 0 Å². The number of hydrogen-bond acceptors (Lipinski definition) is 11. The van der Waals surface area contributed by atoms with Gasteiger partial charge in [-0.1, -0.05) is 47.0 Å². The van der Waals surface area contributed by atoms with Crippen molar-refractivity contribution in [2.45, 2.75) is 106 Å². The van der Waals surface area contributed by atoms with E-state index < -0.39 is 0 Å². The van der Waals surface area contributed by atoms with Gasteiger partial charge >= 0.3 is 0 Å². The topological polar surface area (TPSA) is 232 Å². The Morgan fingerprint density at radius 3 is 1.51 bits per heavy atom. The maximum atomic E-state index is 11.0. The Labute approximate surface area is 233 Å². The monoisotopic (exact) mass is 566 g/mol. The molecular formula is C22H52N11O6-3. The van der Waals surface area contributed by atoms with E-state index >= 15 is 0 Å². The lowest BCUT2D eigenvalue weighted by Crippen LogP contribution is -2.40. The van der Waals surface area contributed by atoms with E-state index in [1.807, 2.05) is 34.6 Å². The molecule has 0 bridgehead atoms. The first-order valence-electron chi connectivity index (χ1n) is 13.5. The number of nitrogens with one attached hydrogen (secondary N) is 1. The fourth-order valence-electron chi connectivity index (χ4n) is 3.08. The number of hydrogen-bond donors (Lipinski definition) is 2. The molecule has 0 aliphatic heterocycles. The zero-order valence-corrected chi connectivity index (χ0v) is 25.1. The molecule has 234 valence electrons. The number of rotatable bonds is 18. The molecule has 0 saturated carbocycles. The van der Waals surface area contributed by atoms with Crippen molar-refractivity contribution in [1.82, 2.24) is 20.3 Å². The van der Waals surface area contributed by atoms with Gasteiger partial charge in [0, 0.05) is 34.0 Å². The fourth-order valence-corrected chi connectivity index (χ4v) is 3.08. The molecule has 0 aromatic heterocycles. The summed E-state index contributed by atoms with van der Waals surface area (Å²) in [6.07, 6.45) is 5.16. The molecule has 0 rings (SSSR count). The van der Waals surface area contributed by atoms with Gasteiger partial charge in [0.15, 0.2) is 0 Å². The van der Waals surface area contributed by atoms with Crippen molar-refractivity contribution < 1.29 is 14.9 Å². The zero-order chi connectivity index (χ0) is 30.8. The molecule has 0 radical (unpaired) electrons. The van der Waals surface area contributed by atoms with Crippen LogP contribution in [0.5, 0.6) is 0 Å². The van der Waals surface area contributed by atoms with E-state index in [1.54, 1.807) is 13.8 Å². The average Bonchev–Trinajstić information content (AvgIpc) is 2.90. The van der Waals surface area contributed by atoms with E-state index in [0.717, 1.165) is 25.7 Å². The van der Waals surface area contributed by atoms with E-state index in [4.69, 9.17) is 5.73 Å². The van der Waals surface area contributed by atoms with Crippen LogP contribution in [0, 0.1) is 31.2 Å². The minimum atomic E-state index is -0.0613. The van der Waals surface area contributed by atoms with Gasteiger partial charge in [-0.05, 0) is 56.4 Å². The van der Waals surface area contributed by atoms with Gasteiger partial charge in [0.2, 0.25) is 0 Å². The molecular weight excluding hydrogens is 514 g/mol. The molecule has 0 aromatic carbocycles. The smallest absolute Gasteiger partial charge is 0.0893 e. The molecule has 0 heterocycles. The molecule has 0 aliphatic carbocycles. The minimum Gasteiger partial charge on any atom is -0.737 e. The standard InChI is InChI=1S/C9H21N3O2.C8H20N4O2.C5H14N4O2/c1-4-5-6-7-8-11(9(2)3)12(14)10-13;1-4-6-11(12(14)10-13)7-5-9-8(2)3;1-5(2)8(4-3-6)9(11)7-10/h9,13H,4-8H2,1-3H3;8-9,13H,4-7H2,1-3H3;5,10H,3-4,6H2,1-2H3/p-3/b2*12-10-;9-7-. The van der Waals surface area contributed by atoms with Crippen LogP contribution >= 0.6 is 0 Å². The molecule has 17 nitrogen and oxygen atoms in total. The molecule has 0 fully saturated rings. The Morgan fingerprint density at radius 2 is 1.15 bits per heavy atom. The van der Waals surface area contributed by atoms with Gasteiger partial charge in [-0.3, -0.25) is 0 Å². The van der Waals surface area contributed by atoms with E-state index in [2.05, 4.69) is 28.1 Å². The largest absolute Gasteiger partial charge is 0.737 e. The highest BCUT2D eigenvalue weighted by molar-refractivity contribution is 4.55. The van der Waals surface area contributed by atoms with Crippen molar-refractivity contribution in [3.63, 3.8) is 0 Å². The predicted octanol–water partition coefficient (Wildman–Crippen LogP) is 3.75. The Balaban J connectivity index is -0.000000503. The van der Waals surface area contributed by atoms with Crippen LogP contribution in [-0.2, 0) is 0 Å². The van der Waals surface area contributed by atoms with Crippen LogP contribution in [0.15, 0.2) is 15.8 Å². The van der Waals surface area contributed by atoms with Gasteiger partial charge in [0.05, 0.1) is 38.3 Å². The highest BCUT2D eigenvalue weighted by atomic mass is 16.6. The summed E-state index contributed by atoms with van der Waals surface area (Å²) in [5, 5.41) is 76.6. The molecule has 0 amide bonds. The first-order valence-corrected chi connectivity index (χ1v) is 13.5. The van der Waals surface area contributed by atoms with Crippen molar-refractivity contribution in [3.8, 4) is 0 Å². The molecule has 0 aromatic rings. The summed E-state index contributed by atoms with van der Waals surface area (Å²) in [6.45, 7) is 18.4. The molecule has 39 heavy (non-hydrogen) atoms. The normalized spacial score (nSPS) is 12.2. The molecule has 0 saturated heterocycles. The number of nitrogens with two attached hydrogens (primary N) is 1. The lowest BCUT2D eigenvalue weighted by atomic mass is 10.2. The number of nitrogens with zero attached hydrogens (tertiary/aromatic N) is 9. The Bertz CT molecular complexity index is 652. The summed E-state index contributed by atoms with van der Waals surface area (Å²) in [4.78, 5) is 0.291. The third-order valence-corrected chi connectivity index (χ3v) is 5.09. The number of unbranched alkanes of at least 4 members (excludes halogenated alkanes) is 3. The Morgan fingerprint density at radius 1 is 0.667 bits per heavy atom. The van der Waals surface area contributed by atoms with Crippen molar-refractivity contribution in [1.29, 1.82) is 0 Å². The first-order chi connectivity index (χ1) is 18.4. The van der Waals surface area contributed by atoms with Crippen molar-refractivity contribution in [3.05, 3.63) is 31.2 Å². The summed E-state index contributed by atoms with van der Waals surface area (Å²) >= 11 is 0. The van der Waals surface area contributed by atoms with Crippen LogP contribution < -0.4 is 11.1 Å². The second kappa shape index (κ2) is 26.5. The predicted molar refractivity (Wildman–Crippen MR) is 150 cm³/mol. The second-order valence-electron chi connectivity index (χ2n) is 9.43. The summed E-state index contributed by atoms with van der Waals surface area (Å²) in [5.41, 5.74) is 5.21. The third-order valence-electron chi connectivity index (χ3n) is 5.09. The Kier molecular flexibility index (Phi) is 27.5. The molecule has 0 spiro atoms. The summed E-state index contributed by atoms with van der Waals surface area (Å²) < 4.78 is 0. The molecule has 17 heteroatoms. The molecule has 0 aliphatic rings.